The third-order valence-electron chi connectivity index (χ3n) is 3.04. The van der Waals surface area contributed by atoms with E-state index in [1.165, 1.54) is 25.0 Å². The van der Waals surface area contributed by atoms with Crippen LogP contribution in [0.15, 0.2) is 24.3 Å². The van der Waals surface area contributed by atoms with Gasteiger partial charge in [-0.15, -0.1) is 0 Å². The molecule has 0 saturated heterocycles. The van der Waals surface area contributed by atoms with Gasteiger partial charge in [0.05, 0.1) is 0 Å². The zero-order valence-corrected chi connectivity index (χ0v) is 11.0. The van der Waals surface area contributed by atoms with Gasteiger partial charge in [-0.25, -0.2) is 4.39 Å². The monoisotopic (exact) mass is 238 g/mol. The number of benzene rings is 1. The minimum Gasteiger partial charge on any atom is -0.317 e. The fourth-order valence-electron chi connectivity index (χ4n) is 1.79. The summed E-state index contributed by atoms with van der Waals surface area (Å²) in [5.74, 6) is -0.167. The van der Waals surface area contributed by atoms with E-state index in [1.807, 2.05) is 19.2 Å². The van der Waals surface area contributed by atoms with Gasteiger partial charge < -0.3 is 10.2 Å². The first kappa shape index (κ1) is 14.1. The van der Waals surface area contributed by atoms with Crippen LogP contribution in [0.1, 0.15) is 25.3 Å². The van der Waals surface area contributed by atoms with Crippen LogP contribution in [0.2, 0.25) is 0 Å². The average molecular weight is 238 g/mol. The molecule has 1 rings (SSSR count). The zero-order chi connectivity index (χ0) is 12.7. The molecule has 0 bridgehead atoms. The molecule has 0 aliphatic heterocycles. The lowest BCUT2D eigenvalue weighted by Gasteiger charge is -2.18. The summed E-state index contributed by atoms with van der Waals surface area (Å²) in [6, 6.07) is 7.32. The molecule has 0 aliphatic rings. The highest BCUT2D eigenvalue weighted by Crippen LogP contribution is 2.06. The maximum atomic E-state index is 12.7. The second-order valence-electron chi connectivity index (χ2n) is 4.70. The van der Waals surface area contributed by atoms with E-state index in [1.54, 1.807) is 0 Å². The van der Waals surface area contributed by atoms with E-state index in [2.05, 4.69) is 24.2 Å². The molecule has 3 heteroatoms. The summed E-state index contributed by atoms with van der Waals surface area (Å²) in [4.78, 5) is 2.27. The minimum absolute atomic E-state index is 0.167. The molecule has 0 aliphatic carbocycles. The highest BCUT2D eigenvalue weighted by atomic mass is 19.1. The van der Waals surface area contributed by atoms with Gasteiger partial charge in [0, 0.05) is 12.6 Å². The number of halogens is 1. The number of hydrogen-bond donors (Lipinski definition) is 1. The van der Waals surface area contributed by atoms with E-state index in [9.17, 15) is 4.39 Å². The molecular formula is C14H23FN2. The Hall–Kier alpha value is -0.930. The van der Waals surface area contributed by atoms with Gasteiger partial charge in [-0.2, -0.15) is 0 Å². The molecule has 1 aromatic rings. The highest BCUT2D eigenvalue weighted by Gasteiger charge is 2.02. The van der Waals surface area contributed by atoms with Gasteiger partial charge in [-0.1, -0.05) is 12.1 Å². The average Bonchev–Trinajstić information content (AvgIpc) is 2.32. The summed E-state index contributed by atoms with van der Waals surface area (Å²) in [6.45, 7) is 4.15. The largest absolute Gasteiger partial charge is 0.317 e. The van der Waals surface area contributed by atoms with Crippen LogP contribution in [0.5, 0.6) is 0 Å². The SMILES string of the molecule is CNC(C)CCCN(C)Cc1ccc(F)cc1. The summed E-state index contributed by atoms with van der Waals surface area (Å²) in [5.41, 5.74) is 1.16. The smallest absolute Gasteiger partial charge is 0.123 e. The van der Waals surface area contributed by atoms with Crippen LogP contribution in [-0.4, -0.2) is 31.6 Å². The molecular weight excluding hydrogens is 215 g/mol. The standard InChI is InChI=1S/C14H23FN2/c1-12(16-2)5-4-10-17(3)11-13-6-8-14(15)9-7-13/h6-9,12,16H,4-5,10-11H2,1-3H3. The van der Waals surface area contributed by atoms with E-state index >= 15 is 0 Å². The van der Waals surface area contributed by atoms with Crippen LogP contribution in [0.25, 0.3) is 0 Å². The second kappa shape index (κ2) is 7.41. The van der Waals surface area contributed by atoms with E-state index in [0.29, 0.717) is 6.04 Å². The van der Waals surface area contributed by atoms with Crippen molar-refractivity contribution in [3.05, 3.63) is 35.6 Å². The Labute approximate surface area is 104 Å². The molecule has 0 amide bonds. The number of rotatable bonds is 7. The first-order valence-electron chi connectivity index (χ1n) is 6.22. The fraction of sp³-hybridized carbons (Fsp3) is 0.571. The first-order chi connectivity index (χ1) is 8.11. The van der Waals surface area contributed by atoms with Crippen molar-refractivity contribution in [3.8, 4) is 0 Å². The zero-order valence-electron chi connectivity index (χ0n) is 11.0. The van der Waals surface area contributed by atoms with E-state index in [-0.39, 0.29) is 5.82 Å². The number of nitrogens with zero attached hydrogens (tertiary/aromatic N) is 1. The van der Waals surface area contributed by atoms with Crippen LogP contribution in [0.4, 0.5) is 4.39 Å². The first-order valence-corrected chi connectivity index (χ1v) is 6.22. The molecule has 0 aromatic heterocycles. The predicted octanol–water partition coefficient (Wildman–Crippen LogP) is 2.65. The normalized spacial score (nSPS) is 13.0. The second-order valence-corrected chi connectivity index (χ2v) is 4.70. The molecule has 1 N–H and O–H groups in total. The van der Waals surface area contributed by atoms with Crippen molar-refractivity contribution in [1.82, 2.24) is 10.2 Å². The molecule has 0 fully saturated rings. The Kier molecular flexibility index (Phi) is 6.16. The van der Waals surface area contributed by atoms with Gasteiger partial charge in [-0.3, -0.25) is 0 Å². The Morgan fingerprint density at radius 2 is 1.94 bits per heavy atom. The molecule has 17 heavy (non-hydrogen) atoms. The van der Waals surface area contributed by atoms with Crippen LogP contribution in [0, 0.1) is 5.82 Å². The van der Waals surface area contributed by atoms with Crippen molar-refractivity contribution in [2.24, 2.45) is 0 Å². The molecule has 0 saturated carbocycles. The predicted molar refractivity (Wildman–Crippen MR) is 70.5 cm³/mol. The minimum atomic E-state index is -0.167. The lowest BCUT2D eigenvalue weighted by molar-refractivity contribution is 0.312. The Morgan fingerprint density at radius 3 is 2.53 bits per heavy atom. The van der Waals surface area contributed by atoms with Crippen LogP contribution in [-0.2, 0) is 6.54 Å². The van der Waals surface area contributed by atoms with Crippen LogP contribution >= 0.6 is 0 Å². The highest BCUT2D eigenvalue weighted by molar-refractivity contribution is 5.15. The van der Waals surface area contributed by atoms with E-state index in [0.717, 1.165) is 18.7 Å². The third-order valence-corrected chi connectivity index (χ3v) is 3.04. The van der Waals surface area contributed by atoms with Crippen LogP contribution < -0.4 is 5.32 Å². The lowest BCUT2D eigenvalue weighted by Crippen LogP contribution is -2.24. The molecule has 1 unspecified atom stereocenters. The molecule has 0 radical (unpaired) electrons. The quantitative estimate of drug-likeness (QED) is 0.785. The van der Waals surface area contributed by atoms with Crippen molar-refractivity contribution in [2.45, 2.75) is 32.4 Å². The van der Waals surface area contributed by atoms with E-state index < -0.39 is 0 Å². The molecule has 0 heterocycles. The summed E-state index contributed by atoms with van der Waals surface area (Å²) in [6.07, 6.45) is 2.37. The Bertz CT molecular complexity index is 311. The molecule has 2 nitrogen and oxygen atoms in total. The van der Waals surface area contributed by atoms with Crippen molar-refractivity contribution < 1.29 is 4.39 Å². The van der Waals surface area contributed by atoms with E-state index in [4.69, 9.17) is 0 Å². The van der Waals surface area contributed by atoms with Crippen molar-refractivity contribution in [2.75, 3.05) is 20.6 Å². The van der Waals surface area contributed by atoms with Gasteiger partial charge >= 0.3 is 0 Å². The fourth-order valence-corrected chi connectivity index (χ4v) is 1.79. The molecule has 96 valence electrons. The van der Waals surface area contributed by atoms with Gasteiger partial charge in [0.15, 0.2) is 0 Å². The maximum Gasteiger partial charge on any atom is 0.123 e. The lowest BCUT2D eigenvalue weighted by atomic mass is 10.1. The van der Waals surface area contributed by atoms with Crippen LogP contribution in [0.3, 0.4) is 0 Å². The number of hydrogen-bond acceptors (Lipinski definition) is 2. The topological polar surface area (TPSA) is 15.3 Å². The number of nitrogens with one attached hydrogen (secondary N) is 1. The summed E-state index contributed by atoms with van der Waals surface area (Å²) in [5, 5.41) is 3.23. The van der Waals surface area contributed by atoms with Crippen molar-refractivity contribution >= 4 is 0 Å². The molecule has 1 aromatic carbocycles. The third kappa shape index (κ3) is 5.80. The summed E-state index contributed by atoms with van der Waals surface area (Å²) in [7, 11) is 4.10. The Morgan fingerprint density at radius 1 is 1.29 bits per heavy atom. The molecule has 0 spiro atoms. The Balaban J connectivity index is 2.25. The summed E-state index contributed by atoms with van der Waals surface area (Å²) < 4.78 is 12.7. The van der Waals surface area contributed by atoms with Gasteiger partial charge in [0.25, 0.3) is 0 Å². The van der Waals surface area contributed by atoms with Gasteiger partial charge in [0.2, 0.25) is 0 Å². The molecule has 1 atom stereocenters. The maximum absolute atomic E-state index is 12.7. The van der Waals surface area contributed by atoms with Crippen molar-refractivity contribution in [3.63, 3.8) is 0 Å². The van der Waals surface area contributed by atoms with Gasteiger partial charge in [-0.05, 0) is 58.1 Å². The summed E-state index contributed by atoms with van der Waals surface area (Å²) >= 11 is 0. The van der Waals surface area contributed by atoms with Gasteiger partial charge in [0.1, 0.15) is 5.82 Å². The van der Waals surface area contributed by atoms with Crippen molar-refractivity contribution in [1.29, 1.82) is 0 Å².